The topological polar surface area (TPSA) is 46.5 Å². The molecule has 0 spiro atoms. The normalized spacial score (nSPS) is 27.6. The fourth-order valence-electron chi connectivity index (χ4n) is 1.60. The Balaban J connectivity index is 2.33. The summed E-state index contributed by atoms with van der Waals surface area (Å²) < 4.78 is 4.43. The summed E-state index contributed by atoms with van der Waals surface area (Å²) >= 11 is 0. The summed E-state index contributed by atoms with van der Waals surface area (Å²) in [6.45, 7) is 0. The van der Waals surface area contributed by atoms with E-state index in [4.69, 9.17) is 0 Å². The van der Waals surface area contributed by atoms with Gasteiger partial charge >= 0.3 is 5.97 Å². The van der Waals surface area contributed by atoms with Crippen LogP contribution in [0.4, 0.5) is 0 Å². The minimum atomic E-state index is -0.360. The highest BCUT2D eigenvalue weighted by Crippen LogP contribution is 2.26. The first-order chi connectivity index (χ1) is 6.74. The summed E-state index contributed by atoms with van der Waals surface area (Å²) in [7, 11) is 1.34. The standard InChI is InChI=1S/C11H16O3/c1-14-11(13)8-3-2-5-9-6-4-7-10(9)12/h2-3,5,8-10,12H,4,6-7H2,1H3/b5-2+,8-3+/t9-,10-/m0/s1. The maximum atomic E-state index is 10.7. The van der Waals surface area contributed by atoms with Crippen LogP contribution in [-0.2, 0) is 9.53 Å². The number of hydrogen-bond acceptors (Lipinski definition) is 3. The van der Waals surface area contributed by atoms with Crippen molar-refractivity contribution < 1.29 is 14.6 Å². The minimum Gasteiger partial charge on any atom is -0.466 e. The molecule has 1 N–H and O–H groups in total. The zero-order chi connectivity index (χ0) is 10.4. The molecule has 0 unspecified atom stereocenters. The van der Waals surface area contributed by atoms with Crippen molar-refractivity contribution in [2.24, 2.45) is 5.92 Å². The lowest BCUT2D eigenvalue weighted by molar-refractivity contribution is -0.134. The van der Waals surface area contributed by atoms with Crippen LogP contribution in [0.25, 0.3) is 0 Å². The van der Waals surface area contributed by atoms with Crippen molar-refractivity contribution >= 4 is 5.97 Å². The first-order valence-corrected chi connectivity index (χ1v) is 4.85. The molecule has 0 heterocycles. The van der Waals surface area contributed by atoms with Crippen molar-refractivity contribution in [1.82, 2.24) is 0 Å². The molecule has 14 heavy (non-hydrogen) atoms. The van der Waals surface area contributed by atoms with Crippen molar-refractivity contribution in [2.45, 2.75) is 25.4 Å². The third-order valence-corrected chi connectivity index (χ3v) is 2.43. The molecular weight excluding hydrogens is 180 g/mol. The Hall–Kier alpha value is -1.09. The highest BCUT2D eigenvalue weighted by molar-refractivity contribution is 5.82. The number of allylic oxidation sites excluding steroid dienone is 2. The van der Waals surface area contributed by atoms with E-state index in [1.165, 1.54) is 13.2 Å². The average molecular weight is 196 g/mol. The van der Waals surface area contributed by atoms with Gasteiger partial charge in [0.2, 0.25) is 0 Å². The lowest BCUT2D eigenvalue weighted by Gasteiger charge is -2.07. The Morgan fingerprint density at radius 3 is 2.79 bits per heavy atom. The highest BCUT2D eigenvalue weighted by Gasteiger charge is 2.21. The van der Waals surface area contributed by atoms with Crippen LogP contribution < -0.4 is 0 Å². The van der Waals surface area contributed by atoms with E-state index >= 15 is 0 Å². The molecule has 78 valence electrons. The van der Waals surface area contributed by atoms with E-state index in [-0.39, 0.29) is 18.0 Å². The molecule has 0 aromatic heterocycles. The van der Waals surface area contributed by atoms with Crippen LogP contribution >= 0.6 is 0 Å². The second-order valence-corrected chi connectivity index (χ2v) is 3.43. The number of esters is 1. The van der Waals surface area contributed by atoms with Crippen LogP contribution in [0.3, 0.4) is 0 Å². The fourth-order valence-corrected chi connectivity index (χ4v) is 1.60. The van der Waals surface area contributed by atoms with Gasteiger partial charge in [0.15, 0.2) is 0 Å². The first-order valence-electron chi connectivity index (χ1n) is 4.85. The molecule has 0 aliphatic heterocycles. The second-order valence-electron chi connectivity index (χ2n) is 3.43. The van der Waals surface area contributed by atoms with Crippen LogP contribution in [0.1, 0.15) is 19.3 Å². The molecule has 0 radical (unpaired) electrons. The van der Waals surface area contributed by atoms with Gasteiger partial charge in [-0.05, 0) is 12.8 Å². The Morgan fingerprint density at radius 2 is 2.21 bits per heavy atom. The van der Waals surface area contributed by atoms with Gasteiger partial charge in [0, 0.05) is 12.0 Å². The first kappa shape index (κ1) is 11.0. The molecule has 2 atom stereocenters. The maximum absolute atomic E-state index is 10.7. The van der Waals surface area contributed by atoms with Crippen LogP contribution in [0.5, 0.6) is 0 Å². The summed E-state index contributed by atoms with van der Waals surface area (Å²) in [4.78, 5) is 10.7. The summed E-state index contributed by atoms with van der Waals surface area (Å²) in [5.41, 5.74) is 0. The van der Waals surface area contributed by atoms with E-state index in [1.54, 1.807) is 12.2 Å². The van der Waals surface area contributed by atoms with Gasteiger partial charge in [-0.15, -0.1) is 0 Å². The van der Waals surface area contributed by atoms with E-state index in [0.29, 0.717) is 0 Å². The zero-order valence-corrected chi connectivity index (χ0v) is 8.35. The number of ether oxygens (including phenoxy) is 1. The Bertz CT molecular complexity index is 243. The van der Waals surface area contributed by atoms with Crippen molar-refractivity contribution in [1.29, 1.82) is 0 Å². The molecule has 1 fully saturated rings. The predicted molar refractivity (Wildman–Crippen MR) is 53.6 cm³/mol. The zero-order valence-electron chi connectivity index (χ0n) is 8.35. The number of hydrogen-bond donors (Lipinski definition) is 1. The fraction of sp³-hybridized carbons (Fsp3) is 0.545. The van der Waals surface area contributed by atoms with E-state index in [2.05, 4.69) is 4.74 Å². The van der Waals surface area contributed by atoms with Gasteiger partial charge in [-0.2, -0.15) is 0 Å². The van der Waals surface area contributed by atoms with E-state index in [0.717, 1.165) is 19.3 Å². The highest BCUT2D eigenvalue weighted by atomic mass is 16.5. The molecule has 0 amide bonds. The van der Waals surface area contributed by atoms with Gasteiger partial charge in [-0.3, -0.25) is 0 Å². The molecule has 0 saturated heterocycles. The third-order valence-electron chi connectivity index (χ3n) is 2.43. The summed E-state index contributed by atoms with van der Waals surface area (Å²) in [6.07, 6.45) is 9.51. The molecule has 0 bridgehead atoms. The van der Waals surface area contributed by atoms with Gasteiger partial charge < -0.3 is 9.84 Å². The molecule has 1 aliphatic carbocycles. The van der Waals surface area contributed by atoms with Gasteiger partial charge in [0.25, 0.3) is 0 Å². The lowest BCUT2D eigenvalue weighted by atomic mass is 10.1. The third kappa shape index (κ3) is 3.34. The average Bonchev–Trinajstić information content (AvgIpc) is 2.58. The molecule has 0 aromatic carbocycles. The van der Waals surface area contributed by atoms with E-state index in [9.17, 15) is 9.90 Å². The minimum absolute atomic E-state index is 0.210. The molecule has 1 aliphatic rings. The Morgan fingerprint density at radius 1 is 1.43 bits per heavy atom. The second kappa shape index (κ2) is 5.60. The summed E-state index contributed by atoms with van der Waals surface area (Å²) in [5, 5.41) is 9.48. The van der Waals surface area contributed by atoms with Crippen molar-refractivity contribution in [3.8, 4) is 0 Å². The number of carbonyl (C=O) groups is 1. The Kier molecular flexibility index (Phi) is 4.40. The van der Waals surface area contributed by atoms with Crippen molar-refractivity contribution in [2.75, 3.05) is 7.11 Å². The molecule has 3 heteroatoms. The Labute approximate surface area is 84.1 Å². The molecule has 1 rings (SSSR count). The van der Waals surface area contributed by atoms with Crippen molar-refractivity contribution in [3.63, 3.8) is 0 Å². The largest absolute Gasteiger partial charge is 0.466 e. The number of aliphatic hydroxyl groups excluding tert-OH is 1. The molecule has 1 saturated carbocycles. The quantitative estimate of drug-likeness (QED) is 0.422. The number of aliphatic hydroxyl groups is 1. The van der Waals surface area contributed by atoms with Crippen LogP contribution in [0.2, 0.25) is 0 Å². The number of rotatable bonds is 3. The monoisotopic (exact) mass is 196 g/mol. The van der Waals surface area contributed by atoms with E-state index < -0.39 is 0 Å². The predicted octanol–water partition coefficient (Wildman–Crippen LogP) is 1.43. The summed E-state index contributed by atoms with van der Waals surface area (Å²) in [6, 6.07) is 0. The van der Waals surface area contributed by atoms with E-state index in [1.807, 2.05) is 6.08 Å². The van der Waals surface area contributed by atoms with Gasteiger partial charge in [-0.1, -0.05) is 24.6 Å². The van der Waals surface area contributed by atoms with Gasteiger partial charge in [0.1, 0.15) is 0 Å². The maximum Gasteiger partial charge on any atom is 0.330 e. The van der Waals surface area contributed by atoms with Crippen LogP contribution in [0.15, 0.2) is 24.3 Å². The summed E-state index contributed by atoms with van der Waals surface area (Å²) in [5.74, 6) is -0.112. The van der Waals surface area contributed by atoms with Crippen LogP contribution in [0, 0.1) is 5.92 Å². The van der Waals surface area contributed by atoms with Gasteiger partial charge in [0.05, 0.1) is 13.2 Å². The van der Waals surface area contributed by atoms with Gasteiger partial charge in [-0.25, -0.2) is 4.79 Å². The van der Waals surface area contributed by atoms with Crippen LogP contribution in [-0.4, -0.2) is 24.3 Å². The molecular formula is C11H16O3. The number of carbonyl (C=O) groups excluding carboxylic acids is 1. The SMILES string of the molecule is COC(=O)/C=C/C=C/[C@H]1CCC[C@@H]1O. The van der Waals surface area contributed by atoms with Crippen molar-refractivity contribution in [3.05, 3.63) is 24.3 Å². The lowest BCUT2D eigenvalue weighted by Crippen LogP contribution is -2.09. The number of methoxy groups -OCH3 is 1. The molecule has 3 nitrogen and oxygen atoms in total. The molecule has 0 aromatic rings. The smallest absolute Gasteiger partial charge is 0.330 e.